The zero-order valence-electron chi connectivity index (χ0n) is 13.1. The third-order valence-corrected chi connectivity index (χ3v) is 4.72. The quantitative estimate of drug-likeness (QED) is 0.912. The van der Waals surface area contributed by atoms with Gasteiger partial charge in [-0.25, -0.2) is 0 Å². The van der Waals surface area contributed by atoms with Gasteiger partial charge < -0.3 is 15.5 Å². The maximum absolute atomic E-state index is 12.4. The molecule has 1 saturated carbocycles. The van der Waals surface area contributed by atoms with Crippen LogP contribution in [0, 0.1) is 5.92 Å². The van der Waals surface area contributed by atoms with Crippen LogP contribution >= 0.6 is 0 Å². The Balaban J connectivity index is 1.55. The first-order chi connectivity index (χ1) is 10.6. The van der Waals surface area contributed by atoms with E-state index in [1.165, 1.54) is 0 Å². The Kier molecular flexibility index (Phi) is 4.21. The van der Waals surface area contributed by atoms with Gasteiger partial charge in [0.1, 0.15) is 11.3 Å². The van der Waals surface area contributed by atoms with Crippen LogP contribution in [-0.2, 0) is 11.2 Å². The molecule has 2 aromatic rings. The van der Waals surface area contributed by atoms with E-state index in [0.29, 0.717) is 13.0 Å². The number of fused-ring (bicyclic) bond motifs is 1. The van der Waals surface area contributed by atoms with Gasteiger partial charge in [-0.05, 0) is 31.9 Å². The Morgan fingerprint density at radius 2 is 2.23 bits per heavy atom. The number of hydrogen-bond donors (Lipinski definition) is 2. The summed E-state index contributed by atoms with van der Waals surface area (Å²) in [5.41, 5.74) is 6.80. The average Bonchev–Trinajstić information content (AvgIpc) is 2.89. The van der Waals surface area contributed by atoms with Crippen LogP contribution in [0.5, 0.6) is 0 Å². The summed E-state index contributed by atoms with van der Waals surface area (Å²) in [5.74, 6) is 0.915. The minimum atomic E-state index is -0.373. The Morgan fingerprint density at radius 3 is 3.00 bits per heavy atom. The fraction of sp³-hybridized carbons (Fsp3) is 0.500. The molecule has 118 valence electrons. The van der Waals surface area contributed by atoms with Crippen LogP contribution in [0.15, 0.2) is 34.7 Å². The third-order valence-electron chi connectivity index (χ3n) is 4.72. The molecule has 1 aromatic heterocycles. The number of rotatable bonds is 4. The minimum Gasteiger partial charge on any atom is -0.461 e. The largest absolute Gasteiger partial charge is 0.461 e. The van der Waals surface area contributed by atoms with Crippen LogP contribution in [0.25, 0.3) is 11.0 Å². The lowest BCUT2D eigenvalue weighted by Crippen LogP contribution is -2.53. The zero-order valence-corrected chi connectivity index (χ0v) is 13.1. The second-order valence-corrected chi connectivity index (χ2v) is 6.60. The Labute approximate surface area is 131 Å². The number of hydrogen-bond acceptors (Lipinski definition) is 3. The molecule has 22 heavy (non-hydrogen) atoms. The van der Waals surface area contributed by atoms with E-state index in [2.05, 4.69) is 5.32 Å². The molecule has 0 spiro atoms. The summed E-state index contributed by atoms with van der Waals surface area (Å²) in [6.45, 7) is 2.58. The van der Waals surface area contributed by atoms with Crippen LogP contribution in [0.2, 0.25) is 0 Å². The summed E-state index contributed by atoms with van der Waals surface area (Å²) in [7, 11) is 0. The van der Waals surface area contributed by atoms with Gasteiger partial charge in [0.25, 0.3) is 0 Å². The highest BCUT2D eigenvalue weighted by molar-refractivity contribution is 5.80. The number of para-hydroxylation sites is 1. The number of amides is 1. The lowest BCUT2D eigenvalue weighted by Gasteiger charge is -2.37. The number of nitrogens with two attached hydrogens (primary N) is 1. The van der Waals surface area contributed by atoms with E-state index >= 15 is 0 Å². The van der Waals surface area contributed by atoms with Crippen molar-refractivity contribution in [2.24, 2.45) is 11.7 Å². The first kappa shape index (κ1) is 15.1. The zero-order chi connectivity index (χ0) is 15.6. The molecule has 1 amide bonds. The topological polar surface area (TPSA) is 68.3 Å². The van der Waals surface area contributed by atoms with Crippen molar-refractivity contribution in [3.63, 3.8) is 0 Å². The molecule has 3 N–H and O–H groups in total. The summed E-state index contributed by atoms with van der Waals surface area (Å²) in [5, 5.41) is 4.12. The lowest BCUT2D eigenvalue weighted by atomic mass is 9.74. The minimum absolute atomic E-state index is 0.0723. The van der Waals surface area contributed by atoms with Crippen molar-refractivity contribution < 1.29 is 9.21 Å². The Hall–Kier alpha value is -1.81. The molecule has 1 fully saturated rings. The highest BCUT2D eigenvalue weighted by Crippen LogP contribution is 2.31. The van der Waals surface area contributed by atoms with Gasteiger partial charge in [-0.15, -0.1) is 0 Å². The van der Waals surface area contributed by atoms with Gasteiger partial charge in [0.2, 0.25) is 5.91 Å². The first-order valence-corrected chi connectivity index (χ1v) is 8.10. The van der Waals surface area contributed by atoms with Crippen molar-refractivity contribution in [2.75, 3.05) is 6.54 Å². The third kappa shape index (κ3) is 3.17. The van der Waals surface area contributed by atoms with Crippen LogP contribution in [0.1, 0.15) is 38.4 Å². The van der Waals surface area contributed by atoms with Crippen molar-refractivity contribution in [3.8, 4) is 0 Å². The van der Waals surface area contributed by atoms with E-state index < -0.39 is 0 Å². The summed E-state index contributed by atoms with van der Waals surface area (Å²) < 4.78 is 5.76. The van der Waals surface area contributed by atoms with Gasteiger partial charge in [-0.2, -0.15) is 0 Å². The summed E-state index contributed by atoms with van der Waals surface area (Å²) in [6, 6.07) is 9.98. The molecule has 0 aliphatic heterocycles. The van der Waals surface area contributed by atoms with Crippen LogP contribution in [0.3, 0.4) is 0 Å². The van der Waals surface area contributed by atoms with Crippen LogP contribution in [0.4, 0.5) is 0 Å². The molecule has 2 atom stereocenters. The van der Waals surface area contributed by atoms with E-state index in [0.717, 1.165) is 42.4 Å². The van der Waals surface area contributed by atoms with Crippen molar-refractivity contribution in [1.29, 1.82) is 0 Å². The summed E-state index contributed by atoms with van der Waals surface area (Å²) >= 11 is 0. The van der Waals surface area contributed by atoms with E-state index in [9.17, 15) is 4.79 Å². The molecule has 1 aliphatic rings. The molecule has 4 heteroatoms. The van der Waals surface area contributed by atoms with Crippen molar-refractivity contribution in [2.45, 2.75) is 44.6 Å². The van der Waals surface area contributed by atoms with E-state index in [1.54, 1.807) is 0 Å². The van der Waals surface area contributed by atoms with Gasteiger partial charge >= 0.3 is 0 Å². The van der Waals surface area contributed by atoms with Crippen molar-refractivity contribution in [3.05, 3.63) is 36.1 Å². The maximum Gasteiger partial charge on any atom is 0.224 e. The van der Waals surface area contributed by atoms with Crippen molar-refractivity contribution in [1.82, 2.24) is 5.32 Å². The number of carbonyl (C=O) groups excluding carboxylic acids is 1. The number of carbonyl (C=O) groups is 1. The molecular formula is C18H24N2O2. The van der Waals surface area contributed by atoms with E-state index in [4.69, 9.17) is 10.2 Å². The molecule has 0 radical (unpaired) electrons. The molecule has 4 nitrogen and oxygen atoms in total. The fourth-order valence-electron chi connectivity index (χ4n) is 3.38. The predicted molar refractivity (Wildman–Crippen MR) is 87.5 cm³/mol. The number of nitrogens with one attached hydrogen (secondary N) is 1. The second kappa shape index (κ2) is 6.13. The normalized spacial score (nSPS) is 25.3. The van der Waals surface area contributed by atoms with Gasteiger partial charge in [0.05, 0.1) is 5.92 Å². The van der Waals surface area contributed by atoms with E-state index in [-0.39, 0.29) is 17.4 Å². The molecule has 1 heterocycles. The number of furan rings is 1. The van der Waals surface area contributed by atoms with Gasteiger partial charge in [0.15, 0.2) is 0 Å². The van der Waals surface area contributed by atoms with Crippen LogP contribution in [-0.4, -0.2) is 18.0 Å². The lowest BCUT2D eigenvalue weighted by molar-refractivity contribution is -0.128. The summed E-state index contributed by atoms with van der Waals surface area (Å²) in [4.78, 5) is 12.4. The van der Waals surface area contributed by atoms with Gasteiger partial charge in [0, 0.05) is 23.9 Å². The standard InChI is InChI=1S/C18H24N2O2/c1-18(19)10-5-4-7-15(18)17(21)20-11-9-14-12-13-6-2-3-8-16(13)22-14/h2-3,6,8,12,15H,4-5,7,9-11,19H2,1H3,(H,20,21). The SMILES string of the molecule is CC1(N)CCCCC1C(=O)NCCc1cc2ccccc2o1. The fourth-order valence-corrected chi connectivity index (χ4v) is 3.38. The summed E-state index contributed by atoms with van der Waals surface area (Å²) in [6.07, 6.45) is 4.73. The van der Waals surface area contributed by atoms with Crippen LogP contribution < -0.4 is 11.1 Å². The molecule has 0 bridgehead atoms. The molecule has 3 rings (SSSR count). The molecule has 2 unspecified atom stereocenters. The maximum atomic E-state index is 12.4. The molecule has 1 aromatic carbocycles. The van der Waals surface area contributed by atoms with Gasteiger partial charge in [-0.1, -0.05) is 31.0 Å². The van der Waals surface area contributed by atoms with Crippen molar-refractivity contribution >= 4 is 16.9 Å². The Morgan fingerprint density at radius 1 is 1.41 bits per heavy atom. The van der Waals surface area contributed by atoms with Gasteiger partial charge in [-0.3, -0.25) is 4.79 Å². The first-order valence-electron chi connectivity index (χ1n) is 8.10. The predicted octanol–water partition coefficient (Wildman–Crippen LogP) is 3.00. The monoisotopic (exact) mass is 300 g/mol. The Bertz CT molecular complexity index is 627. The number of benzene rings is 1. The average molecular weight is 300 g/mol. The van der Waals surface area contributed by atoms with E-state index in [1.807, 2.05) is 37.3 Å². The highest BCUT2D eigenvalue weighted by Gasteiger charge is 2.37. The molecule has 0 saturated heterocycles. The smallest absolute Gasteiger partial charge is 0.224 e. The highest BCUT2D eigenvalue weighted by atomic mass is 16.3. The second-order valence-electron chi connectivity index (χ2n) is 6.60. The molecule has 1 aliphatic carbocycles. The molecular weight excluding hydrogens is 276 g/mol.